The van der Waals surface area contributed by atoms with Gasteiger partial charge in [0.05, 0.1) is 15.1 Å². The van der Waals surface area contributed by atoms with E-state index in [0.29, 0.717) is 44.1 Å². The van der Waals surface area contributed by atoms with Crippen LogP contribution in [-0.4, -0.2) is 9.97 Å². The molecule has 0 N–H and O–H groups in total. The summed E-state index contributed by atoms with van der Waals surface area (Å²) in [6, 6.07) is 4.55. The summed E-state index contributed by atoms with van der Waals surface area (Å²) in [5.41, 5.74) is 0. The Labute approximate surface area is 136 Å². The molecule has 0 spiro atoms. The van der Waals surface area contributed by atoms with Crippen LogP contribution in [0.5, 0.6) is 11.6 Å². The molecular weight excluding hydrogens is 342 g/mol. The van der Waals surface area contributed by atoms with Crippen molar-refractivity contribution in [1.29, 1.82) is 0 Å². The molecular formula is C13H10Cl4N2O. The summed E-state index contributed by atoms with van der Waals surface area (Å²) in [6.45, 7) is 2.03. The van der Waals surface area contributed by atoms with Crippen molar-refractivity contribution in [3.8, 4) is 11.6 Å². The molecule has 0 atom stereocenters. The Kier molecular flexibility index (Phi) is 5.33. The monoisotopic (exact) mass is 350 g/mol. The Morgan fingerprint density at radius 1 is 0.950 bits per heavy atom. The van der Waals surface area contributed by atoms with Gasteiger partial charge in [0.1, 0.15) is 16.7 Å². The largest absolute Gasteiger partial charge is 0.437 e. The average molecular weight is 352 g/mol. The van der Waals surface area contributed by atoms with Crippen LogP contribution in [0.1, 0.15) is 19.2 Å². The predicted molar refractivity (Wildman–Crippen MR) is 82.6 cm³/mol. The highest BCUT2D eigenvalue weighted by atomic mass is 35.5. The van der Waals surface area contributed by atoms with E-state index in [2.05, 4.69) is 9.97 Å². The zero-order valence-electron chi connectivity index (χ0n) is 10.5. The first kappa shape index (κ1) is 15.6. The minimum Gasteiger partial charge on any atom is -0.437 e. The van der Waals surface area contributed by atoms with E-state index < -0.39 is 0 Å². The van der Waals surface area contributed by atoms with Gasteiger partial charge in [0.25, 0.3) is 0 Å². The normalized spacial score (nSPS) is 10.7. The topological polar surface area (TPSA) is 35.0 Å². The number of ether oxygens (including phenoxy) is 1. The van der Waals surface area contributed by atoms with E-state index in [-0.39, 0.29) is 0 Å². The van der Waals surface area contributed by atoms with Crippen LogP contribution >= 0.6 is 46.4 Å². The second-order valence-electron chi connectivity index (χ2n) is 3.99. The minimum atomic E-state index is 0.314. The van der Waals surface area contributed by atoms with Crippen molar-refractivity contribution < 1.29 is 4.74 Å². The quantitative estimate of drug-likeness (QED) is 0.513. The Morgan fingerprint density at radius 2 is 1.65 bits per heavy atom. The van der Waals surface area contributed by atoms with Crippen LogP contribution in [0.2, 0.25) is 20.2 Å². The third kappa shape index (κ3) is 3.89. The molecule has 0 aliphatic heterocycles. The van der Waals surface area contributed by atoms with Crippen LogP contribution < -0.4 is 4.74 Å². The zero-order chi connectivity index (χ0) is 14.7. The van der Waals surface area contributed by atoms with Crippen molar-refractivity contribution in [3.63, 3.8) is 0 Å². The smallest absolute Gasteiger partial charge is 0.224 e. The van der Waals surface area contributed by atoms with E-state index in [1.807, 2.05) is 6.92 Å². The highest BCUT2D eigenvalue weighted by molar-refractivity contribution is 6.43. The number of nitrogens with zero attached hydrogens (tertiary/aromatic N) is 2. The van der Waals surface area contributed by atoms with E-state index >= 15 is 0 Å². The fourth-order valence-electron chi connectivity index (χ4n) is 1.52. The van der Waals surface area contributed by atoms with Crippen LogP contribution in [0.25, 0.3) is 0 Å². The second kappa shape index (κ2) is 6.81. The summed E-state index contributed by atoms with van der Waals surface area (Å²) in [5, 5.41) is 1.36. The number of aromatic nitrogens is 2. The summed E-state index contributed by atoms with van der Waals surface area (Å²) < 4.78 is 5.60. The van der Waals surface area contributed by atoms with Gasteiger partial charge in [0.2, 0.25) is 5.88 Å². The maximum Gasteiger partial charge on any atom is 0.224 e. The molecule has 0 saturated heterocycles. The van der Waals surface area contributed by atoms with Crippen molar-refractivity contribution in [2.75, 3.05) is 0 Å². The van der Waals surface area contributed by atoms with Gasteiger partial charge in [-0.05, 0) is 12.5 Å². The van der Waals surface area contributed by atoms with Gasteiger partial charge in [-0.15, -0.1) is 0 Å². The molecule has 3 nitrogen and oxygen atoms in total. The summed E-state index contributed by atoms with van der Waals surface area (Å²) in [4.78, 5) is 8.37. The molecule has 0 saturated carbocycles. The number of rotatable bonds is 4. The Balaban J connectivity index is 2.32. The number of hydrogen-bond acceptors (Lipinski definition) is 3. The van der Waals surface area contributed by atoms with Gasteiger partial charge in [-0.1, -0.05) is 53.3 Å². The number of halogens is 4. The lowest BCUT2D eigenvalue weighted by Crippen LogP contribution is -1.98. The van der Waals surface area contributed by atoms with Gasteiger partial charge in [-0.2, -0.15) is 4.98 Å². The van der Waals surface area contributed by atoms with Crippen molar-refractivity contribution in [3.05, 3.63) is 44.2 Å². The molecule has 2 rings (SSSR count). The molecule has 0 aliphatic carbocycles. The zero-order valence-corrected chi connectivity index (χ0v) is 13.5. The van der Waals surface area contributed by atoms with Crippen molar-refractivity contribution in [2.45, 2.75) is 19.8 Å². The van der Waals surface area contributed by atoms with Gasteiger partial charge in [0, 0.05) is 18.6 Å². The fraction of sp³-hybridized carbons (Fsp3) is 0.231. The second-order valence-corrected chi connectivity index (χ2v) is 5.60. The first-order valence-electron chi connectivity index (χ1n) is 5.85. The standard InChI is InChI=1S/C13H10Cl4N2O/c1-2-3-12-18-11(17)6-13(19-12)20-10-5-8(15)7(14)4-9(10)16/h4-6H,2-3H2,1H3. The van der Waals surface area contributed by atoms with Gasteiger partial charge in [-0.3, -0.25) is 0 Å². The highest BCUT2D eigenvalue weighted by Crippen LogP contribution is 2.36. The molecule has 20 heavy (non-hydrogen) atoms. The van der Waals surface area contributed by atoms with Gasteiger partial charge < -0.3 is 4.74 Å². The molecule has 1 aromatic heterocycles. The predicted octanol–water partition coefficient (Wildman–Crippen LogP) is 5.84. The summed E-state index contributed by atoms with van der Waals surface area (Å²) in [5.74, 6) is 1.29. The summed E-state index contributed by atoms with van der Waals surface area (Å²) >= 11 is 23.8. The van der Waals surface area contributed by atoms with E-state index in [0.717, 1.165) is 6.42 Å². The molecule has 0 aliphatic rings. The Bertz CT molecular complexity index is 634. The molecule has 0 bridgehead atoms. The van der Waals surface area contributed by atoms with Crippen LogP contribution in [0.3, 0.4) is 0 Å². The maximum atomic E-state index is 6.05. The maximum absolute atomic E-state index is 6.05. The summed E-state index contributed by atoms with van der Waals surface area (Å²) in [7, 11) is 0. The fourth-order valence-corrected chi connectivity index (χ4v) is 2.29. The van der Waals surface area contributed by atoms with E-state index in [9.17, 15) is 0 Å². The number of hydrogen-bond donors (Lipinski definition) is 0. The highest BCUT2D eigenvalue weighted by Gasteiger charge is 2.10. The molecule has 0 fully saturated rings. The van der Waals surface area contributed by atoms with Crippen molar-refractivity contribution in [1.82, 2.24) is 9.97 Å². The lowest BCUT2D eigenvalue weighted by atomic mass is 10.3. The first-order valence-corrected chi connectivity index (χ1v) is 7.36. The van der Waals surface area contributed by atoms with Crippen LogP contribution in [0, 0.1) is 0 Å². The summed E-state index contributed by atoms with van der Waals surface area (Å²) in [6.07, 6.45) is 1.62. The lowest BCUT2D eigenvalue weighted by molar-refractivity contribution is 0.458. The first-order chi connectivity index (χ1) is 9.49. The number of aryl methyl sites for hydroxylation is 1. The van der Waals surface area contributed by atoms with Gasteiger partial charge in [-0.25, -0.2) is 4.98 Å². The van der Waals surface area contributed by atoms with Gasteiger partial charge in [0.15, 0.2) is 0 Å². The molecule has 0 unspecified atom stereocenters. The molecule has 0 radical (unpaired) electrons. The van der Waals surface area contributed by atoms with E-state index in [1.54, 1.807) is 0 Å². The average Bonchev–Trinajstić information content (AvgIpc) is 2.35. The van der Waals surface area contributed by atoms with Gasteiger partial charge >= 0.3 is 0 Å². The van der Waals surface area contributed by atoms with E-state index in [4.69, 9.17) is 51.1 Å². The third-order valence-corrected chi connectivity index (χ3v) is 3.59. The van der Waals surface area contributed by atoms with Crippen molar-refractivity contribution >= 4 is 46.4 Å². The van der Waals surface area contributed by atoms with Crippen LogP contribution in [-0.2, 0) is 6.42 Å². The lowest BCUT2D eigenvalue weighted by Gasteiger charge is -2.09. The Hall–Kier alpha value is -0.740. The molecule has 106 valence electrons. The molecule has 1 heterocycles. The molecule has 0 amide bonds. The third-order valence-electron chi connectivity index (χ3n) is 2.38. The van der Waals surface area contributed by atoms with Crippen molar-refractivity contribution in [2.24, 2.45) is 0 Å². The van der Waals surface area contributed by atoms with Crippen LogP contribution in [0.4, 0.5) is 0 Å². The molecule has 1 aromatic carbocycles. The number of benzene rings is 1. The molecule has 2 aromatic rings. The molecule has 7 heteroatoms. The van der Waals surface area contributed by atoms with E-state index in [1.165, 1.54) is 18.2 Å². The van der Waals surface area contributed by atoms with Crippen LogP contribution in [0.15, 0.2) is 18.2 Å². The Morgan fingerprint density at radius 3 is 2.35 bits per heavy atom. The minimum absolute atomic E-state index is 0.314. The SMILES string of the molecule is CCCc1nc(Cl)cc(Oc2cc(Cl)c(Cl)cc2Cl)n1.